The molecule has 3 unspecified atom stereocenters. The molecule has 1 aromatic carbocycles. The lowest BCUT2D eigenvalue weighted by atomic mass is 9.77. The van der Waals surface area contributed by atoms with Crippen molar-refractivity contribution in [2.45, 2.75) is 58.9 Å². The minimum atomic E-state index is 0.554. The second-order valence-corrected chi connectivity index (χ2v) is 8.04. The predicted molar refractivity (Wildman–Crippen MR) is 104 cm³/mol. The van der Waals surface area contributed by atoms with Gasteiger partial charge in [-0.05, 0) is 66.7 Å². The standard InChI is InChI=1S/C23H33N/c1-6-8-19-14-22-20(12-17(19)4)9-10-24-15-21(11-16(3)7-2)18(5)13-23(22)24/h6,12,14,16,21,23H,1,5,7-11,13,15H2,2-4H3. The summed E-state index contributed by atoms with van der Waals surface area (Å²) in [5.41, 5.74) is 7.47. The van der Waals surface area contributed by atoms with Gasteiger partial charge in [0, 0.05) is 19.1 Å². The Hall–Kier alpha value is -1.34. The zero-order valence-electron chi connectivity index (χ0n) is 15.8. The predicted octanol–water partition coefficient (Wildman–Crippen LogP) is 5.64. The van der Waals surface area contributed by atoms with Crippen LogP contribution in [0.5, 0.6) is 0 Å². The topological polar surface area (TPSA) is 3.24 Å². The first-order valence-corrected chi connectivity index (χ1v) is 9.68. The highest BCUT2D eigenvalue weighted by molar-refractivity contribution is 5.43. The summed E-state index contributed by atoms with van der Waals surface area (Å²) in [5.74, 6) is 1.50. The minimum Gasteiger partial charge on any atom is -0.295 e. The van der Waals surface area contributed by atoms with Crippen molar-refractivity contribution in [2.24, 2.45) is 11.8 Å². The molecule has 3 rings (SSSR count). The van der Waals surface area contributed by atoms with E-state index in [0.717, 1.165) is 18.8 Å². The van der Waals surface area contributed by atoms with Gasteiger partial charge in [-0.3, -0.25) is 4.90 Å². The molecule has 2 aliphatic heterocycles. The van der Waals surface area contributed by atoms with Gasteiger partial charge in [-0.25, -0.2) is 0 Å². The fraction of sp³-hybridized carbons (Fsp3) is 0.565. The van der Waals surface area contributed by atoms with Crippen LogP contribution in [0.3, 0.4) is 0 Å². The number of fused-ring (bicyclic) bond motifs is 3. The summed E-state index contributed by atoms with van der Waals surface area (Å²) in [4.78, 5) is 2.73. The average molecular weight is 324 g/mol. The van der Waals surface area contributed by atoms with E-state index >= 15 is 0 Å². The Balaban J connectivity index is 1.84. The molecule has 0 aromatic heterocycles. The third kappa shape index (κ3) is 3.37. The number of allylic oxidation sites excluding steroid dienone is 1. The number of rotatable bonds is 5. The van der Waals surface area contributed by atoms with Gasteiger partial charge >= 0.3 is 0 Å². The second-order valence-electron chi connectivity index (χ2n) is 8.04. The van der Waals surface area contributed by atoms with E-state index in [4.69, 9.17) is 0 Å². The van der Waals surface area contributed by atoms with Crippen LogP contribution in [0.2, 0.25) is 0 Å². The summed E-state index contributed by atoms with van der Waals surface area (Å²) < 4.78 is 0. The van der Waals surface area contributed by atoms with Crippen LogP contribution >= 0.6 is 0 Å². The van der Waals surface area contributed by atoms with Crippen LogP contribution in [-0.4, -0.2) is 18.0 Å². The van der Waals surface area contributed by atoms with E-state index in [9.17, 15) is 0 Å². The number of hydrogen-bond acceptors (Lipinski definition) is 1. The van der Waals surface area contributed by atoms with E-state index < -0.39 is 0 Å². The van der Waals surface area contributed by atoms with Crippen molar-refractivity contribution in [3.63, 3.8) is 0 Å². The summed E-state index contributed by atoms with van der Waals surface area (Å²) in [6.07, 6.45) is 7.93. The molecule has 1 nitrogen and oxygen atoms in total. The van der Waals surface area contributed by atoms with Gasteiger partial charge in [-0.1, -0.05) is 50.6 Å². The van der Waals surface area contributed by atoms with Crippen molar-refractivity contribution in [3.8, 4) is 0 Å². The second kappa shape index (κ2) is 7.27. The first-order chi connectivity index (χ1) is 11.5. The fourth-order valence-electron chi connectivity index (χ4n) is 4.53. The van der Waals surface area contributed by atoms with Crippen LogP contribution < -0.4 is 0 Å². The molecule has 0 aliphatic carbocycles. The lowest BCUT2D eigenvalue weighted by Gasteiger charge is -2.45. The van der Waals surface area contributed by atoms with Crippen LogP contribution in [0.4, 0.5) is 0 Å². The Kier molecular flexibility index (Phi) is 5.30. The molecule has 1 saturated heterocycles. The van der Waals surface area contributed by atoms with Gasteiger partial charge in [0.05, 0.1) is 0 Å². The quantitative estimate of drug-likeness (QED) is 0.634. The number of benzene rings is 1. The summed E-state index contributed by atoms with van der Waals surface area (Å²) in [5, 5.41) is 0. The highest BCUT2D eigenvalue weighted by atomic mass is 15.2. The SMILES string of the molecule is C=CCc1cc2c(cc1C)CCN1CC(CC(C)CC)C(=C)CC21. The minimum absolute atomic E-state index is 0.554. The van der Waals surface area contributed by atoms with Crippen LogP contribution in [0.15, 0.2) is 36.9 Å². The van der Waals surface area contributed by atoms with Crippen molar-refractivity contribution >= 4 is 0 Å². The van der Waals surface area contributed by atoms with Gasteiger partial charge in [0.15, 0.2) is 0 Å². The van der Waals surface area contributed by atoms with Crippen molar-refractivity contribution < 1.29 is 0 Å². The van der Waals surface area contributed by atoms with E-state index in [1.807, 2.05) is 6.08 Å². The van der Waals surface area contributed by atoms with Gasteiger partial charge in [0.2, 0.25) is 0 Å². The lowest BCUT2D eigenvalue weighted by molar-refractivity contribution is 0.123. The Labute approximate surface area is 148 Å². The number of piperidine rings is 1. The van der Waals surface area contributed by atoms with E-state index in [2.05, 4.69) is 51.0 Å². The summed E-state index contributed by atoms with van der Waals surface area (Å²) in [7, 11) is 0. The maximum Gasteiger partial charge on any atom is 0.0388 e. The van der Waals surface area contributed by atoms with E-state index in [1.54, 1.807) is 11.1 Å². The number of hydrogen-bond donors (Lipinski definition) is 0. The van der Waals surface area contributed by atoms with Crippen molar-refractivity contribution in [1.29, 1.82) is 0 Å². The zero-order valence-corrected chi connectivity index (χ0v) is 15.8. The maximum atomic E-state index is 4.48. The average Bonchev–Trinajstić information content (AvgIpc) is 2.56. The zero-order chi connectivity index (χ0) is 17.3. The molecule has 0 radical (unpaired) electrons. The Morgan fingerprint density at radius 3 is 2.88 bits per heavy atom. The van der Waals surface area contributed by atoms with Crippen LogP contribution in [-0.2, 0) is 12.8 Å². The van der Waals surface area contributed by atoms with Gasteiger partial charge in [-0.2, -0.15) is 0 Å². The summed E-state index contributed by atoms with van der Waals surface area (Å²) >= 11 is 0. The van der Waals surface area contributed by atoms with E-state index in [0.29, 0.717) is 12.0 Å². The monoisotopic (exact) mass is 323 g/mol. The Bertz CT molecular complexity index is 627. The largest absolute Gasteiger partial charge is 0.295 e. The lowest BCUT2D eigenvalue weighted by Crippen LogP contribution is -2.43. The van der Waals surface area contributed by atoms with Crippen LogP contribution in [0.1, 0.15) is 61.4 Å². The van der Waals surface area contributed by atoms with Crippen LogP contribution in [0.25, 0.3) is 0 Å². The molecular formula is C23H33N. The molecule has 2 heterocycles. The van der Waals surface area contributed by atoms with E-state index in [-0.39, 0.29) is 0 Å². The molecule has 0 amide bonds. The fourth-order valence-corrected chi connectivity index (χ4v) is 4.53. The normalized spacial score (nSPS) is 25.0. The van der Waals surface area contributed by atoms with E-state index in [1.165, 1.54) is 49.1 Å². The first kappa shape index (κ1) is 17.5. The molecule has 24 heavy (non-hydrogen) atoms. The molecule has 0 spiro atoms. The third-order valence-corrected chi connectivity index (χ3v) is 6.30. The van der Waals surface area contributed by atoms with Gasteiger partial charge in [-0.15, -0.1) is 6.58 Å². The molecule has 0 saturated carbocycles. The highest BCUT2D eigenvalue weighted by Gasteiger charge is 2.35. The Morgan fingerprint density at radius 2 is 2.17 bits per heavy atom. The summed E-state index contributed by atoms with van der Waals surface area (Å²) in [6, 6.07) is 5.45. The van der Waals surface area contributed by atoms with Crippen molar-refractivity contribution in [2.75, 3.05) is 13.1 Å². The molecule has 3 atom stereocenters. The first-order valence-electron chi connectivity index (χ1n) is 9.68. The molecule has 0 N–H and O–H groups in total. The highest BCUT2D eigenvalue weighted by Crippen LogP contribution is 2.42. The smallest absolute Gasteiger partial charge is 0.0388 e. The molecule has 130 valence electrons. The van der Waals surface area contributed by atoms with Gasteiger partial charge in [0.1, 0.15) is 0 Å². The van der Waals surface area contributed by atoms with Crippen molar-refractivity contribution in [1.82, 2.24) is 4.90 Å². The number of aryl methyl sites for hydroxylation is 1. The molecular weight excluding hydrogens is 290 g/mol. The van der Waals surface area contributed by atoms with Crippen LogP contribution in [0, 0.1) is 18.8 Å². The third-order valence-electron chi connectivity index (χ3n) is 6.30. The van der Waals surface area contributed by atoms with Gasteiger partial charge in [0.25, 0.3) is 0 Å². The molecule has 1 aromatic rings. The van der Waals surface area contributed by atoms with Gasteiger partial charge < -0.3 is 0 Å². The van der Waals surface area contributed by atoms with Crippen molar-refractivity contribution in [3.05, 3.63) is 59.2 Å². The molecule has 0 bridgehead atoms. The molecule has 1 heteroatoms. The molecule has 2 aliphatic rings. The number of nitrogens with zero attached hydrogens (tertiary/aromatic N) is 1. The molecule has 1 fully saturated rings. The maximum absolute atomic E-state index is 4.48. The summed E-state index contributed by atoms with van der Waals surface area (Å²) in [6.45, 7) is 17.8. The Morgan fingerprint density at radius 1 is 1.38 bits per heavy atom.